The molecule has 2 unspecified atom stereocenters. The highest BCUT2D eigenvalue weighted by molar-refractivity contribution is 5.77. The van der Waals surface area contributed by atoms with Gasteiger partial charge in [-0.3, -0.25) is 4.79 Å². The first-order valence-electron chi connectivity index (χ1n) is 7.26. The largest absolute Gasteiger partial charge is 0.339 e. The molecular weight excluding hydrogens is 238 g/mol. The molecule has 1 amide bonds. The molecule has 2 atom stereocenters. The van der Waals surface area contributed by atoms with E-state index >= 15 is 0 Å². The van der Waals surface area contributed by atoms with Crippen molar-refractivity contribution in [1.29, 1.82) is 0 Å². The molecule has 0 aliphatic rings. The van der Waals surface area contributed by atoms with Gasteiger partial charge in [-0.15, -0.1) is 0 Å². The zero-order valence-corrected chi connectivity index (χ0v) is 13.9. The van der Waals surface area contributed by atoms with E-state index in [-0.39, 0.29) is 23.4 Å². The van der Waals surface area contributed by atoms with Crippen LogP contribution >= 0.6 is 0 Å². The molecular formula is C15H33N3O. The van der Waals surface area contributed by atoms with Crippen molar-refractivity contribution >= 4 is 5.91 Å². The van der Waals surface area contributed by atoms with Crippen molar-refractivity contribution in [2.24, 2.45) is 11.1 Å². The lowest BCUT2D eigenvalue weighted by Crippen LogP contribution is -2.45. The first kappa shape index (κ1) is 18.4. The van der Waals surface area contributed by atoms with Gasteiger partial charge in [0, 0.05) is 31.6 Å². The minimum absolute atomic E-state index is 0.0480. The van der Waals surface area contributed by atoms with Crippen LogP contribution in [0.4, 0.5) is 0 Å². The number of likely N-dealkylation sites (N-methyl/N-ethyl adjacent to an activating group) is 2. The Morgan fingerprint density at radius 3 is 2.16 bits per heavy atom. The minimum Gasteiger partial charge on any atom is -0.339 e. The monoisotopic (exact) mass is 271 g/mol. The van der Waals surface area contributed by atoms with E-state index in [2.05, 4.69) is 32.6 Å². The average Bonchev–Trinajstić information content (AvgIpc) is 2.13. The summed E-state index contributed by atoms with van der Waals surface area (Å²) in [4.78, 5) is 16.4. The fraction of sp³-hybridized carbons (Fsp3) is 0.933. The standard InChI is InChI=1S/C15H33N3O/c1-8-18(12(2)11-17(6)7)14(19)9-13(16)10-15(3,4)5/h12-13H,8-11,16H2,1-7H3. The van der Waals surface area contributed by atoms with Crippen LogP contribution in [0, 0.1) is 5.41 Å². The predicted octanol–water partition coefficient (Wildman–Crippen LogP) is 1.94. The summed E-state index contributed by atoms with van der Waals surface area (Å²) in [5.74, 6) is 0.175. The second kappa shape index (κ2) is 7.85. The number of carbonyl (C=O) groups excluding carboxylic acids is 1. The van der Waals surface area contributed by atoms with E-state index in [9.17, 15) is 4.79 Å². The van der Waals surface area contributed by atoms with Crippen molar-refractivity contribution in [2.45, 2.75) is 59.5 Å². The van der Waals surface area contributed by atoms with Gasteiger partial charge in [-0.2, -0.15) is 0 Å². The second-order valence-electron chi connectivity index (χ2n) is 7.02. The number of hydrogen-bond donors (Lipinski definition) is 1. The van der Waals surface area contributed by atoms with Crippen molar-refractivity contribution in [1.82, 2.24) is 9.80 Å². The molecule has 0 aliphatic heterocycles. The summed E-state index contributed by atoms with van der Waals surface area (Å²) < 4.78 is 0. The fourth-order valence-corrected chi connectivity index (χ4v) is 2.56. The highest BCUT2D eigenvalue weighted by Crippen LogP contribution is 2.21. The molecule has 114 valence electrons. The number of nitrogens with two attached hydrogens (primary N) is 1. The molecule has 0 heterocycles. The van der Waals surface area contributed by atoms with Gasteiger partial charge >= 0.3 is 0 Å². The van der Waals surface area contributed by atoms with Crippen molar-refractivity contribution in [3.05, 3.63) is 0 Å². The molecule has 0 saturated heterocycles. The molecule has 4 heteroatoms. The van der Waals surface area contributed by atoms with Crippen LogP contribution in [0.25, 0.3) is 0 Å². The Morgan fingerprint density at radius 1 is 1.26 bits per heavy atom. The van der Waals surface area contributed by atoms with Crippen LogP contribution in [0.1, 0.15) is 47.5 Å². The molecule has 0 aliphatic carbocycles. The van der Waals surface area contributed by atoms with E-state index in [1.807, 2.05) is 25.9 Å². The van der Waals surface area contributed by atoms with E-state index in [1.54, 1.807) is 0 Å². The van der Waals surface area contributed by atoms with Crippen molar-refractivity contribution in [3.8, 4) is 0 Å². The van der Waals surface area contributed by atoms with Crippen LogP contribution in [0.2, 0.25) is 0 Å². The first-order chi connectivity index (χ1) is 8.56. The smallest absolute Gasteiger partial charge is 0.224 e. The van der Waals surface area contributed by atoms with Crippen LogP contribution in [-0.4, -0.2) is 55.0 Å². The Kier molecular flexibility index (Phi) is 7.60. The third-order valence-electron chi connectivity index (χ3n) is 3.13. The number of hydrogen-bond acceptors (Lipinski definition) is 3. The van der Waals surface area contributed by atoms with Gasteiger partial charge in [-0.05, 0) is 39.8 Å². The third-order valence-corrected chi connectivity index (χ3v) is 3.13. The van der Waals surface area contributed by atoms with E-state index in [0.717, 1.165) is 19.5 Å². The van der Waals surface area contributed by atoms with Crippen molar-refractivity contribution < 1.29 is 4.79 Å². The Labute approximate surface area is 119 Å². The molecule has 2 N–H and O–H groups in total. The SMILES string of the molecule is CCN(C(=O)CC(N)CC(C)(C)C)C(C)CN(C)C. The fourth-order valence-electron chi connectivity index (χ4n) is 2.56. The molecule has 0 saturated carbocycles. The highest BCUT2D eigenvalue weighted by Gasteiger charge is 2.23. The van der Waals surface area contributed by atoms with Gasteiger partial charge in [-0.25, -0.2) is 0 Å². The van der Waals surface area contributed by atoms with Gasteiger partial charge < -0.3 is 15.5 Å². The molecule has 0 spiro atoms. The summed E-state index contributed by atoms with van der Waals surface area (Å²) in [5, 5.41) is 0. The van der Waals surface area contributed by atoms with Crippen LogP contribution in [-0.2, 0) is 4.79 Å². The number of rotatable bonds is 7. The molecule has 0 radical (unpaired) electrons. The Hall–Kier alpha value is -0.610. The summed E-state index contributed by atoms with van der Waals surface area (Å²) in [6, 6.07) is 0.183. The highest BCUT2D eigenvalue weighted by atomic mass is 16.2. The normalized spacial score (nSPS) is 15.4. The minimum atomic E-state index is -0.0480. The van der Waals surface area contributed by atoms with Crippen molar-refractivity contribution in [2.75, 3.05) is 27.2 Å². The maximum Gasteiger partial charge on any atom is 0.224 e. The summed E-state index contributed by atoms with van der Waals surface area (Å²) in [6.07, 6.45) is 1.32. The lowest BCUT2D eigenvalue weighted by atomic mass is 9.87. The van der Waals surface area contributed by atoms with Gasteiger partial charge in [0.25, 0.3) is 0 Å². The Bertz CT molecular complexity index is 271. The number of nitrogens with zero attached hydrogens (tertiary/aromatic N) is 2. The lowest BCUT2D eigenvalue weighted by Gasteiger charge is -2.32. The molecule has 4 nitrogen and oxygen atoms in total. The summed E-state index contributed by atoms with van der Waals surface area (Å²) in [6.45, 7) is 12.2. The molecule has 0 rings (SSSR count). The van der Waals surface area contributed by atoms with Crippen LogP contribution in [0.5, 0.6) is 0 Å². The summed E-state index contributed by atoms with van der Waals surface area (Å²) >= 11 is 0. The van der Waals surface area contributed by atoms with Gasteiger partial charge in [0.05, 0.1) is 0 Å². The van der Waals surface area contributed by atoms with Gasteiger partial charge in [0.1, 0.15) is 0 Å². The van der Waals surface area contributed by atoms with E-state index < -0.39 is 0 Å². The molecule has 19 heavy (non-hydrogen) atoms. The van der Waals surface area contributed by atoms with E-state index in [1.165, 1.54) is 0 Å². The molecule has 0 aromatic rings. The molecule has 0 aromatic carbocycles. The second-order valence-corrected chi connectivity index (χ2v) is 7.02. The predicted molar refractivity (Wildman–Crippen MR) is 82.1 cm³/mol. The van der Waals surface area contributed by atoms with E-state index in [0.29, 0.717) is 6.42 Å². The summed E-state index contributed by atoms with van der Waals surface area (Å²) in [7, 11) is 4.06. The first-order valence-corrected chi connectivity index (χ1v) is 7.26. The Balaban J connectivity index is 4.43. The average molecular weight is 271 g/mol. The zero-order valence-electron chi connectivity index (χ0n) is 13.9. The Morgan fingerprint density at radius 2 is 1.79 bits per heavy atom. The van der Waals surface area contributed by atoms with Crippen LogP contribution in [0.15, 0.2) is 0 Å². The van der Waals surface area contributed by atoms with Crippen molar-refractivity contribution in [3.63, 3.8) is 0 Å². The number of carbonyl (C=O) groups is 1. The van der Waals surface area contributed by atoms with Gasteiger partial charge in [0.15, 0.2) is 0 Å². The quantitative estimate of drug-likeness (QED) is 0.770. The van der Waals surface area contributed by atoms with Gasteiger partial charge in [0.2, 0.25) is 5.91 Å². The summed E-state index contributed by atoms with van der Waals surface area (Å²) in [5.41, 5.74) is 6.27. The molecule has 0 fully saturated rings. The van der Waals surface area contributed by atoms with Crippen LogP contribution in [0.3, 0.4) is 0 Å². The number of amides is 1. The third kappa shape index (κ3) is 8.22. The maximum absolute atomic E-state index is 12.3. The van der Waals surface area contributed by atoms with Crippen LogP contribution < -0.4 is 5.73 Å². The lowest BCUT2D eigenvalue weighted by molar-refractivity contribution is -0.133. The van der Waals surface area contributed by atoms with Gasteiger partial charge in [-0.1, -0.05) is 20.8 Å². The molecule has 0 aromatic heterocycles. The van der Waals surface area contributed by atoms with E-state index in [4.69, 9.17) is 5.73 Å². The molecule has 0 bridgehead atoms. The zero-order chi connectivity index (χ0) is 15.2. The topological polar surface area (TPSA) is 49.6 Å². The maximum atomic E-state index is 12.3.